The molecule has 0 aromatic carbocycles. The molecule has 5 N–H and O–H groups in total. The van der Waals surface area contributed by atoms with Gasteiger partial charge in [0.1, 0.15) is 11.0 Å². The van der Waals surface area contributed by atoms with E-state index in [1.807, 2.05) is 0 Å². The van der Waals surface area contributed by atoms with Crippen molar-refractivity contribution in [2.45, 2.75) is 20.0 Å². The molecular formula is C13H18FN5O3S. The molecule has 0 spiro atoms. The van der Waals surface area contributed by atoms with Crippen LogP contribution in [0.1, 0.15) is 13.8 Å². The third-order valence-electron chi connectivity index (χ3n) is 3.10. The highest BCUT2D eigenvalue weighted by Gasteiger charge is 2.21. The third kappa shape index (κ3) is 4.24. The molecule has 0 saturated carbocycles. The Morgan fingerprint density at radius 3 is 2.61 bits per heavy atom. The van der Waals surface area contributed by atoms with E-state index >= 15 is 0 Å². The van der Waals surface area contributed by atoms with Gasteiger partial charge in [0.05, 0.1) is 11.9 Å². The van der Waals surface area contributed by atoms with E-state index in [4.69, 9.17) is 15.6 Å². The second-order valence-electron chi connectivity index (χ2n) is 5.13. The molecule has 1 fully saturated rings. The normalized spacial score (nSPS) is 17.5. The quantitative estimate of drug-likeness (QED) is 0.652. The van der Waals surface area contributed by atoms with Crippen molar-refractivity contribution in [1.29, 1.82) is 0 Å². The van der Waals surface area contributed by atoms with Crippen LogP contribution in [0.2, 0.25) is 0 Å². The van der Waals surface area contributed by atoms with Gasteiger partial charge in [-0.3, -0.25) is 0 Å². The van der Waals surface area contributed by atoms with Crippen molar-refractivity contribution in [3.63, 3.8) is 0 Å². The van der Waals surface area contributed by atoms with Gasteiger partial charge in [0.2, 0.25) is 10.0 Å². The molecule has 1 aliphatic heterocycles. The van der Waals surface area contributed by atoms with Crippen LogP contribution in [0.15, 0.2) is 27.9 Å². The predicted molar refractivity (Wildman–Crippen MR) is 84.2 cm³/mol. The van der Waals surface area contributed by atoms with Crippen LogP contribution in [-0.2, 0) is 10.0 Å². The number of nitrogens with zero attached hydrogens (tertiary/aromatic N) is 2. The van der Waals surface area contributed by atoms with Crippen molar-refractivity contribution in [2.75, 3.05) is 13.1 Å². The lowest BCUT2D eigenvalue weighted by atomic mass is 10.2. The second-order valence-corrected chi connectivity index (χ2v) is 6.62. The van der Waals surface area contributed by atoms with Crippen molar-refractivity contribution >= 4 is 21.6 Å². The number of ether oxygens (including phenoxy) is 1. The number of aliphatic imine (C=N–C) groups is 1. The number of sulfonamides is 1. The first kappa shape index (κ1) is 17.3. The summed E-state index contributed by atoms with van der Waals surface area (Å²) >= 11 is 0. The molecule has 0 radical (unpaired) electrons. The van der Waals surface area contributed by atoms with Crippen LogP contribution in [0.25, 0.3) is 0 Å². The second kappa shape index (κ2) is 6.60. The smallest absolute Gasteiger partial charge is 0.241 e. The highest BCUT2D eigenvalue weighted by Crippen LogP contribution is 2.24. The summed E-state index contributed by atoms with van der Waals surface area (Å²) in [5.74, 6) is -0.525. The summed E-state index contributed by atoms with van der Waals surface area (Å²) in [4.78, 5) is 7.56. The zero-order chi connectivity index (χ0) is 17.2. The van der Waals surface area contributed by atoms with Gasteiger partial charge in [-0.05, 0) is 13.8 Å². The van der Waals surface area contributed by atoms with E-state index < -0.39 is 15.8 Å². The minimum Gasteiger partial charge on any atom is -0.484 e. The molecular weight excluding hydrogens is 325 g/mol. The molecule has 8 nitrogen and oxygen atoms in total. The van der Waals surface area contributed by atoms with Gasteiger partial charge in [-0.1, -0.05) is 0 Å². The predicted octanol–water partition coefficient (Wildman–Crippen LogP) is 0.142. The number of primary sulfonamides is 1. The monoisotopic (exact) mass is 343 g/mol. The number of nitrogens with one attached hydrogen (secondary N) is 1. The Balaban J connectivity index is 2.34. The van der Waals surface area contributed by atoms with Crippen LogP contribution < -0.4 is 20.9 Å². The standard InChI is InChI=1S/C13H18FN5O3S/c1-7(15)13(23(16,20)21)8(2)19-12-3-11(10(14)6-18-12)22-9-4-17-5-9/h3,6,9,17H,4-5,15H2,1-2H3,(H2,16,20,21). The lowest BCUT2D eigenvalue weighted by Crippen LogP contribution is -2.50. The SMILES string of the molecule is CC(=Nc1cc(OC2CNC2)c(F)cn1)C(=C(C)N)S(N)(=O)=O. The number of halogens is 1. The van der Waals surface area contributed by atoms with Crippen molar-refractivity contribution < 1.29 is 17.5 Å². The summed E-state index contributed by atoms with van der Waals surface area (Å²) in [6.45, 7) is 4.08. The van der Waals surface area contributed by atoms with Gasteiger partial charge in [0.25, 0.3) is 0 Å². The van der Waals surface area contributed by atoms with Crippen molar-refractivity contribution in [3.05, 3.63) is 28.7 Å². The highest BCUT2D eigenvalue weighted by molar-refractivity contribution is 7.94. The lowest BCUT2D eigenvalue weighted by Gasteiger charge is -2.27. The van der Waals surface area contributed by atoms with E-state index in [1.54, 1.807) is 0 Å². The van der Waals surface area contributed by atoms with E-state index in [2.05, 4.69) is 15.3 Å². The maximum Gasteiger partial charge on any atom is 0.241 e. The Kier molecular flexibility index (Phi) is 4.97. The highest BCUT2D eigenvalue weighted by atomic mass is 32.2. The summed E-state index contributed by atoms with van der Waals surface area (Å²) < 4.78 is 42.3. The minimum absolute atomic E-state index is 0.00338. The molecule has 1 aliphatic rings. The Labute approximate surface area is 133 Å². The molecule has 2 rings (SSSR count). The Morgan fingerprint density at radius 1 is 1.48 bits per heavy atom. The average molecular weight is 343 g/mol. The fraction of sp³-hybridized carbons (Fsp3) is 0.385. The number of allylic oxidation sites excluding steroid dienone is 2. The van der Waals surface area contributed by atoms with Gasteiger partial charge in [-0.2, -0.15) is 0 Å². The number of rotatable bonds is 5. The molecule has 10 heteroatoms. The Bertz CT molecular complexity index is 768. The summed E-state index contributed by atoms with van der Waals surface area (Å²) in [7, 11) is -4.03. The summed E-state index contributed by atoms with van der Waals surface area (Å²) in [5.41, 5.74) is 5.62. The number of hydrogen-bond acceptors (Lipinski definition) is 7. The van der Waals surface area contributed by atoms with Gasteiger partial charge < -0.3 is 15.8 Å². The summed E-state index contributed by atoms with van der Waals surface area (Å²) in [6, 6.07) is 1.30. The zero-order valence-corrected chi connectivity index (χ0v) is 13.5. The fourth-order valence-electron chi connectivity index (χ4n) is 2.02. The maximum atomic E-state index is 13.7. The zero-order valence-electron chi connectivity index (χ0n) is 12.7. The molecule has 0 unspecified atom stereocenters. The first-order chi connectivity index (χ1) is 10.7. The van der Waals surface area contributed by atoms with Crippen molar-refractivity contribution in [1.82, 2.24) is 10.3 Å². The summed E-state index contributed by atoms with van der Waals surface area (Å²) in [5, 5.41) is 8.12. The van der Waals surface area contributed by atoms with E-state index in [-0.39, 0.29) is 34.0 Å². The molecule has 0 amide bonds. The van der Waals surface area contributed by atoms with Crippen molar-refractivity contribution in [3.8, 4) is 5.75 Å². The molecule has 126 valence electrons. The average Bonchev–Trinajstić information content (AvgIpc) is 2.34. The lowest BCUT2D eigenvalue weighted by molar-refractivity contribution is 0.136. The molecule has 23 heavy (non-hydrogen) atoms. The van der Waals surface area contributed by atoms with E-state index in [1.165, 1.54) is 19.9 Å². The van der Waals surface area contributed by atoms with Crippen LogP contribution in [-0.4, -0.2) is 38.3 Å². The van der Waals surface area contributed by atoms with Gasteiger partial charge in [-0.15, -0.1) is 0 Å². The van der Waals surface area contributed by atoms with Crippen molar-refractivity contribution in [2.24, 2.45) is 15.9 Å². The number of aromatic nitrogens is 1. The Hall–Kier alpha value is -2.04. The molecule has 0 aliphatic carbocycles. The van der Waals surface area contributed by atoms with E-state index in [9.17, 15) is 12.8 Å². The van der Waals surface area contributed by atoms with Gasteiger partial charge in [-0.25, -0.2) is 27.9 Å². The maximum absolute atomic E-state index is 13.7. The van der Waals surface area contributed by atoms with Crippen LogP contribution in [0.5, 0.6) is 5.75 Å². The largest absolute Gasteiger partial charge is 0.484 e. The van der Waals surface area contributed by atoms with E-state index in [0.717, 1.165) is 6.20 Å². The fourth-order valence-corrected chi connectivity index (χ4v) is 2.93. The van der Waals surface area contributed by atoms with Crippen LogP contribution >= 0.6 is 0 Å². The molecule has 2 heterocycles. The minimum atomic E-state index is -4.03. The summed E-state index contributed by atoms with van der Waals surface area (Å²) in [6.07, 6.45) is 0.847. The van der Waals surface area contributed by atoms with Gasteiger partial charge in [0.15, 0.2) is 17.4 Å². The number of nitrogens with two attached hydrogens (primary N) is 2. The first-order valence-corrected chi connectivity index (χ1v) is 8.31. The molecule has 1 aromatic heterocycles. The van der Waals surface area contributed by atoms with E-state index in [0.29, 0.717) is 13.1 Å². The van der Waals surface area contributed by atoms with Gasteiger partial charge >= 0.3 is 0 Å². The molecule has 0 atom stereocenters. The van der Waals surface area contributed by atoms with Crippen LogP contribution in [0.3, 0.4) is 0 Å². The van der Waals surface area contributed by atoms with Gasteiger partial charge in [0, 0.05) is 24.9 Å². The Morgan fingerprint density at radius 2 is 2.13 bits per heavy atom. The topological polar surface area (TPSA) is 133 Å². The molecule has 1 saturated heterocycles. The third-order valence-corrected chi connectivity index (χ3v) is 4.28. The van der Waals surface area contributed by atoms with Crippen LogP contribution in [0.4, 0.5) is 10.2 Å². The number of pyridine rings is 1. The van der Waals surface area contributed by atoms with Crippen LogP contribution in [0, 0.1) is 5.82 Å². The molecule has 1 aromatic rings. The number of hydrogen-bond donors (Lipinski definition) is 3. The first-order valence-electron chi connectivity index (χ1n) is 6.76. The molecule has 0 bridgehead atoms.